The largest absolute Gasteiger partial charge is 0.323 e. The summed E-state index contributed by atoms with van der Waals surface area (Å²) in [5, 5.41) is 2.68. The summed E-state index contributed by atoms with van der Waals surface area (Å²) in [6.45, 7) is 1.47. The lowest BCUT2D eigenvalue weighted by Gasteiger charge is -2.28. The number of carbonyl (C=O) groups excluding carboxylic acids is 1. The van der Waals surface area contributed by atoms with E-state index in [2.05, 4.69) is 21.2 Å². The Morgan fingerprint density at radius 3 is 2.29 bits per heavy atom. The lowest BCUT2D eigenvalue weighted by atomic mass is 10.2. The van der Waals surface area contributed by atoms with E-state index in [-0.39, 0.29) is 5.69 Å². The number of rotatable bonds is 5. The SMILES string of the molecule is C[C@H](C(=O)Nc1ccccc1Br)N(c1ccc(F)cc1)S(C)(=O)=O. The van der Waals surface area contributed by atoms with Gasteiger partial charge in [0.2, 0.25) is 15.9 Å². The Morgan fingerprint density at radius 1 is 1.17 bits per heavy atom. The maximum Gasteiger partial charge on any atom is 0.248 e. The molecule has 2 rings (SSSR count). The Kier molecular flexibility index (Phi) is 5.61. The van der Waals surface area contributed by atoms with Crippen LogP contribution in [0.2, 0.25) is 0 Å². The topological polar surface area (TPSA) is 66.5 Å². The zero-order chi connectivity index (χ0) is 17.9. The van der Waals surface area contributed by atoms with Gasteiger partial charge in [0.25, 0.3) is 0 Å². The van der Waals surface area contributed by atoms with Crippen molar-refractivity contribution in [2.75, 3.05) is 15.9 Å². The number of hydrogen-bond acceptors (Lipinski definition) is 3. The summed E-state index contributed by atoms with van der Waals surface area (Å²) in [4.78, 5) is 12.5. The minimum absolute atomic E-state index is 0.216. The Bertz CT molecular complexity index is 841. The van der Waals surface area contributed by atoms with Crippen molar-refractivity contribution in [2.45, 2.75) is 13.0 Å². The van der Waals surface area contributed by atoms with Gasteiger partial charge in [0.05, 0.1) is 17.6 Å². The van der Waals surface area contributed by atoms with Crippen LogP contribution < -0.4 is 9.62 Å². The summed E-state index contributed by atoms with van der Waals surface area (Å²) < 4.78 is 39.0. The fourth-order valence-electron chi connectivity index (χ4n) is 2.20. The molecule has 24 heavy (non-hydrogen) atoms. The molecular formula is C16H16BrFN2O3S. The molecule has 1 N–H and O–H groups in total. The summed E-state index contributed by atoms with van der Waals surface area (Å²) in [5.41, 5.74) is 0.746. The molecule has 128 valence electrons. The Labute approximate surface area is 148 Å². The van der Waals surface area contributed by atoms with Gasteiger partial charge >= 0.3 is 0 Å². The smallest absolute Gasteiger partial charge is 0.248 e. The van der Waals surface area contributed by atoms with Gasteiger partial charge in [-0.25, -0.2) is 12.8 Å². The van der Waals surface area contributed by atoms with E-state index in [0.717, 1.165) is 22.7 Å². The molecule has 8 heteroatoms. The summed E-state index contributed by atoms with van der Waals surface area (Å²) in [5.74, 6) is -0.992. The predicted octanol–water partition coefficient (Wildman–Crippen LogP) is 3.38. The van der Waals surface area contributed by atoms with Crippen molar-refractivity contribution in [3.63, 3.8) is 0 Å². The number of sulfonamides is 1. The number of para-hydroxylation sites is 1. The molecule has 0 fully saturated rings. The monoisotopic (exact) mass is 414 g/mol. The van der Waals surface area contributed by atoms with Crippen LogP contribution in [-0.4, -0.2) is 26.6 Å². The van der Waals surface area contributed by atoms with Gasteiger partial charge in [-0.05, 0) is 59.3 Å². The molecule has 0 radical (unpaired) electrons. The van der Waals surface area contributed by atoms with E-state index in [9.17, 15) is 17.6 Å². The van der Waals surface area contributed by atoms with Gasteiger partial charge in [-0.1, -0.05) is 12.1 Å². The number of anilines is 2. The molecule has 0 aliphatic rings. The number of nitrogens with zero attached hydrogens (tertiary/aromatic N) is 1. The standard InChI is InChI=1S/C16H16BrFN2O3S/c1-11(16(21)19-15-6-4-3-5-14(15)17)20(24(2,22)23)13-9-7-12(18)8-10-13/h3-11H,1-2H3,(H,19,21)/t11-/m1/s1. The van der Waals surface area contributed by atoms with Gasteiger partial charge in [-0.2, -0.15) is 0 Å². The molecular weight excluding hydrogens is 399 g/mol. The van der Waals surface area contributed by atoms with Crippen LogP contribution in [0, 0.1) is 5.82 Å². The minimum Gasteiger partial charge on any atom is -0.323 e. The highest BCUT2D eigenvalue weighted by Crippen LogP contribution is 2.24. The Hall–Kier alpha value is -1.93. The molecule has 0 saturated carbocycles. The third-order valence-corrected chi connectivity index (χ3v) is 5.23. The molecule has 0 saturated heterocycles. The molecule has 0 aliphatic heterocycles. The molecule has 5 nitrogen and oxygen atoms in total. The molecule has 0 spiro atoms. The normalized spacial score (nSPS) is 12.5. The number of hydrogen-bond donors (Lipinski definition) is 1. The van der Waals surface area contributed by atoms with Crippen LogP contribution in [0.5, 0.6) is 0 Å². The molecule has 1 amide bonds. The Morgan fingerprint density at radius 2 is 1.75 bits per heavy atom. The highest BCUT2D eigenvalue weighted by Gasteiger charge is 2.29. The van der Waals surface area contributed by atoms with E-state index in [1.807, 2.05) is 0 Å². The van der Waals surface area contributed by atoms with Crippen molar-refractivity contribution >= 4 is 43.2 Å². The van der Waals surface area contributed by atoms with Crippen LogP contribution in [-0.2, 0) is 14.8 Å². The minimum atomic E-state index is -3.74. The molecule has 0 aliphatic carbocycles. The number of benzene rings is 2. The van der Waals surface area contributed by atoms with Crippen molar-refractivity contribution in [3.8, 4) is 0 Å². The first-order valence-corrected chi connectivity index (χ1v) is 9.64. The van der Waals surface area contributed by atoms with E-state index in [0.29, 0.717) is 10.2 Å². The lowest BCUT2D eigenvalue weighted by Crippen LogP contribution is -2.45. The number of nitrogens with one attached hydrogen (secondary N) is 1. The fraction of sp³-hybridized carbons (Fsp3) is 0.188. The third-order valence-electron chi connectivity index (χ3n) is 3.30. The van der Waals surface area contributed by atoms with Crippen LogP contribution in [0.4, 0.5) is 15.8 Å². The van der Waals surface area contributed by atoms with Gasteiger partial charge in [-0.3, -0.25) is 9.10 Å². The molecule has 0 heterocycles. The zero-order valence-corrected chi connectivity index (χ0v) is 15.4. The molecule has 0 unspecified atom stereocenters. The lowest BCUT2D eigenvalue weighted by molar-refractivity contribution is -0.116. The van der Waals surface area contributed by atoms with Crippen LogP contribution in [0.15, 0.2) is 53.0 Å². The second kappa shape index (κ2) is 7.31. The molecule has 2 aromatic rings. The van der Waals surface area contributed by atoms with E-state index in [1.165, 1.54) is 19.1 Å². The van der Waals surface area contributed by atoms with Crippen molar-refractivity contribution in [1.82, 2.24) is 0 Å². The molecule has 0 aromatic heterocycles. The van der Waals surface area contributed by atoms with Crippen molar-refractivity contribution in [3.05, 3.63) is 58.8 Å². The average Bonchev–Trinajstić information content (AvgIpc) is 2.50. The van der Waals surface area contributed by atoms with Crippen LogP contribution in [0.3, 0.4) is 0 Å². The van der Waals surface area contributed by atoms with Crippen LogP contribution in [0.25, 0.3) is 0 Å². The first-order valence-electron chi connectivity index (χ1n) is 7.00. The van der Waals surface area contributed by atoms with Gasteiger partial charge in [0.1, 0.15) is 11.9 Å². The van der Waals surface area contributed by atoms with Crippen LogP contribution >= 0.6 is 15.9 Å². The van der Waals surface area contributed by atoms with E-state index < -0.39 is 27.8 Å². The summed E-state index contributed by atoms with van der Waals surface area (Å²) in [7, 11) is -3.74. The van der Waals surface area contributed by atoms with Crippen molar-refractivity contribution in [2.24, 2.45) is 0 Å². The van der Waals surface area contributed by atoms with Gasteiger partial charge in [0, 0.05) is 4.47 Å². The van der Waals surface area contributed by atoms with Gasteiger partial charge in [0.15, 0.2) is 0 Å². The summed E-state index contributed by atoms with van der Waals surface area (Å²) in [6, 6.07) is 10.9. The van der Waals surface area contributed by atoms with Gasteiger partial charge < -0.3 is 5.32 Å². The van der Waals surface area contributed by atoms with E-state index in [1.54, 1.807) is 24.3 Å². The van der Waals surface area contributed by atoms with Gasteiger partial charge in [-0.15, -0.1) is 0 Å². The predicted molar refractivity (Wildman–Crippen MR) is 96.0 cm³/mol. The summed E-state index contributed by atoms with van der Waals surface area (Å²) in [6.07, 6.45) is 0.999. The molecule has 0 bridgehead atoms. The van der Waals surface area contributed by atoms with E-state index >= 15 is 0 Å². The quantitative estimate of drug-likeness (QED) is 0.815. The maximum absolute atomic E-state index is 13.1. The van der Waals surface area contributed by atoms with E-state index in [4.69, 9.17) is 0 Å². The first kappa shape index (κ1) is 18.4. The maximum atomic E-state index is 13.1. The third kappa shape index (κ3) is 4.33. The summed E-state index contributed by atoms with van der Waals surface area (Å²) >= 11 is 3.32. The van der Waals surface area contributed by atoms with Crippen LogP contribution in [0.1, 0.15) is 6.92 Å². The highest BCUT2D eigenvalue weighted by molar-refractivity contribution is 9.10. The number of halogens is 2. The number of carbonyl (C=O) groups is 1. The second-order valence-electron chi connectivity index (χ2n) is 5.18. The zero-order valence-electron chi connectivity index (χ0n) is 13.0. The fourth-order valence-corrected chi connectivity index (χ4v) is 3.76. The molecule has 1 atom stereocenters. The van der Waals surface area contributed by atoms with Crippen molar-refractivity contribution in [1.29, 1.82) is 0 Å². The second-order valence-corrected chi connectivity index (χ2v) is 7.89. The first-order chi connectivity index (χ1) is 11.2. The number of amides is 1. The average molecular weight is 415 g/mol. The Balaban J connectivity index is 2.31. The van der Waals surface area contributed by atoms with Crippen molar-refractivity contribution < 1.29 is 17.6 Å². The molecule has 2 aromatic carbocycles. The highest BCUT2D eigenvalue weighted by atomic mass is 79.9.